The van der Waals surface area contributed by atoms with Gasteiger partial charge in [0.2, 0.25) is 5.91 Å². The van der Waals surface area contributed by atoms with Gasteiger partial charge >= 0.3 is 0 Å². The molecule has 0 saturated carbocycles. The number of nitriles is 1. The minimum Gasteiger partial charge on any atom is -0.495 e. The van der Waals surface area contributed by atoms with E-state index in [4.69, 9.17) is 15.7 Å². The Morgan fingerprint density at radius 3 is 2.82 bits per heavy atom. The Kier molecular flexibility index (Phi) is 4.78. The highest BCUT2D eigenvalue weighted by molar-refractivity contribution is 6.02. The molecule has 0 aliphatic heterocycles. The molecule has 0 aliphatic carbocycles. The largest absolute Gasteiger partial charge is 0.495 e. The van der Waals surface area contributed by atoms with Crippen LogP contribution in [0.3, 0.4) is 0 Å². The van der Waals surface area contributed by atoms with Gasteiger partial charge in [0.15, 0.2) is 0 Å². The summed E-state index contributed by atoms with van der Waals surface area (Å²) in [4.78, 5) is 11.9. The Hall–Kier alpha value is -3.26. The number of anilines is 2. The number of nitrogens with one attached hydrogen (secondary N) is 1. The number of carbonyl (C=O) groups is 1. The maximum atomic E-state index is 11.9. The van der Waals surface area contributed by atoms with Crippen molar-refractivity contribution in [3.8, 4) is 11.8 Å². The molecule has 2 aromatic carbocycles. The fourth-order valence-corrected chi connectivity index (χ4v) is 1.88. The number of carbonyl (C=O) groups excluding carboxylic acids is 1. The van der Waals surface area contributed by atoms with Crippen LogP contribution in [0.5, 0.6) is 5.75 Å². The Morgan fingerprint density at radius 2 is 2.14 bits per heavy atom. The molecule has 3 N–H and O–H groups in total. The number of hydrogen-bond donors (Lipinski definition) is 2. The molecule has 2 rings (SSSR count). The number of hydrogen-bond acceptors (Lipinski definition) is 4. The van der Waals surface area contributed by atoms with Crippen molar-refractivity contribution in [1.82, 2.24) is 0 Å². The van der Waals surface area contributed by atoms with Gasteiger partial charge in [-0.25, -0.2) is 0 Å². The molecule has 2 aromatic rings. The molecule has 0 saturated heterocycles. The summed E-state index contributed by atoms with van der Waals surface area (Å²) in [5.74, 6) is 0.305. The summed E-state index contributed by atoms with van der Waals surface area (Å²) in [5.41, 5.74) is 8.16. The molecule has 0 aromatic heterocycles. The molecule has 1 amide bonds. The summed E-state index contributed by atoms with van der Waals surface area (Å²) in [5, 5.41) is 11.5. The van der Waals surface area contributed by atoms with E-state index >= 15 is 0 Å². The lowest BCUT2D eigenvalue weighted by molar-refractivity contribution is -0.111. The first-order chi connectivity index (χ1) is 10.6. The lowest BCUT2D eigenvalue weighted by Gasteiger charge is -2.05. The number of nitrogens with zero attached hydrogens (tertiary/aromatic N) is 1. The quantitative estimate of drug-likeness (QED) is 0.670. The normalized spacial score (nSPS) is 10.2. The smallest absolute Gasteiger partial charge is 0.248 e. The highest BCUT2D eigenvalue weighted by Gasteiger charge is 2.01. The minimum absolute atomic E-state index is 0.288. The molecular weight excluding hydrogens is 278 g/mol. The predicted octanol–water partition coefficient (Wildman–Crippen LogP) is 2.80. The second-order valence-corrected chi connectivity index (χ2v) is 4.52. The number of nitrogens with two attached hydrogens (primary N) is 1. The average Bonchev–Trinajstić information content (AvgIpc) is 2.53. The monoisotopic (exact) mass is 293 g/mol. The van der Waals surface area contributed by atoms with Gasteiger partial charge in [0, 0.05) is 11.8 Å². The lowest BCUT2D eigenvalue weighted by Crippen LogP contribution is -2.07. The van der Waals surface area contributed by atoms with E-state index < -0.39 is 0 Å². The summed E-state index contributed by atoms with van der Waals surface area (Å²) in [6, 6.07) is 14.0. The zero-order valence-corrected chi connectivity index (χ0v) is 12.0. The molecule has 0 atom stereocenters. The Morgan fingerprint density at radius 1 is 1.32 bits per heavy atom. The second kappa shape index (κ2) is 6.95. The van der Waals surface area contributed by atoms with Gasteiger partial charge in [-0.05, 0) is 42.0 Å². The molecule has 22 heavy (non-hydrogen) atoms. The molecule has 110 valence electrons. The molecule has 0 aliphatic rings. The molecular formula is C17H15N3O2. The van der Waals surface area contributed by atoms with Crippen LogP contribution in [-0.4, -0.2) is 13.0 Å². The van der Waals surface area contributed by atoms with Crippen LogP contribution < -0.4 is 15.8 Å². The van der Waals surface area contributed by atoms with Crippen LogP contribution in [0.1, 0.15) is 11.1 Å². The van der Waals surface area contributed by atoms with Crippen LogP contribution in [0.2, 0.25) is 0 Å². The van der Waals surface area contributed by atoms with Crippen LogP contribution in [0, 0.1) is 11.3 Å². The van der Waals surface area contributed by atoms with E-state index in [1.54, 1.807) is 55.7 Å². The van der Waals surface area contributed by atoms with Gasteiger partial charge in [-0.1, -0.05) is 12.1 Å². The van der Waals surface area contributed by atoms with E-state index in [9.17, 15) is 4.79 Å². The third-order valence-corrected chi connectivity index (χ3v) is 2.94. The van der Waals surface area contributed by atoms with Crippen molar-refractivity contribution < 1.29 is 9.53 Å². The van der Waals surface area contributed by atoms with E-state index in [1.165, 1.54) is 6.08 Å². The standard InChI is InChI=1S/C17H15N3O2/c1-22-16-7-5-12(10-15(16)19)6-8-17(21)20-14-4-2-3-13(9-14)11-18/h2-10H,19H2,1H3,(H,20,21)/b8-6+. The average molecular weight is 293 g/mol. The third kappa shape index (κ3) is 3.87. The Balaban J connectivity index is 2.05. The summed E-state index contributed by atoms with van der Waals surface area (Å²) in [6.07, 6.45) is 3.06. The number of methoxy groups -OCH3 is 1. The van der Waals surface area contributed by atoms with Crippen molar-refractivity contribution in [2.45, 2.75) is 0 Å². The van der Waals surface area contributed by atoms with Gasteiger partial charge in [-0.3, -0.25) is 4.79 Å². The van der Waals surface area contributed by atoms with Crippen LogP contribution in [-0.2, 0) is 4.79 Å². The van der Waals surface area contributed by atoms with Crippen molar-refractivity contribution in [3.63, 3.8) is 0 Å². The topological polar surface area (TPSA) is 88.1 Å². The van der Waals surface area contributed by atoms with Crippen LogP contribution >= 0.6 is 0 Å². The van der Waals surface area contributed by atoms with Gasteiger partial charge in [-0.2, -0.15) is 5.26 Å². The highest BCUT2D eigenvalue weighted by Crippen LogP contribution is 2.22. The molecule has 5 nitrogen and oxygen atoms in total. The van der Waals surface area contributed by atoms with Crippen molar-refractivity contribution in [3.05, 3.63) is 59.7 Å². The Labute approximate surface area is 128 Å². The molecule has 0 spiro atoms. The van der Waals surface area contributed by atoms with Crippen molar-refractivity contribution >= 4 is 23.4 Å². The zero-order chi connectivity index (χ0) is 15.9. The number of ether oxygens (including phenoxy) is 1. The molecule has 0 bridgehead atoms. The first-order valence-corrected chi connectivity index (χ1v) is 6.55. The van der Waals surface area contributed by atoms with Crippen molar-refractivity contribution in [1.29, 1.82) is 5.26 Å². The van der Waals surface area contributed by atoms with Gasteiger partial charge in [0.1, 0.15) is 5.75 Å². The fourth-order valence-electron chi connectivity index (χ4n) is 1.88. The summed E-state index contributed by atoms with van der Waals surface area (Å²) in [7, 11) is 1.55. The van der Waals surface area contributed by atoms with E-state index in [1.807, 2.05) is 6.07 Å². The molecule has 5 heteroatoms. The number of amides is 1. The summed E-state index contributed by atoms with van der Waals surface area (Å²) >= 11 is 0. The van der Waals surface area contributed by atoms with Crippen molar-refractivity contribution in [2.75, 3.05) is 18.2 Å². The summed E-state index contributed by atoms with van der Waals surface area (Å²) in [6.45, 7) is 0. The van der Waals surface area contributed by atoms with E-state index in [2.05, 4.69) is 5.32 Å². The van der Waals surface area contributed by atoms with Gasteiger partial charge in [0.05, 0.1) is 24.4 Å². The van der Waals surface area contributed by atoms with E-state index in [0.29, 0.717) is 22.7 Å². The predicted molar refractivity (Wildman–Crippen MR) is 86.2 cm³/mol. The Bertz CT molecular complexity index is 761. The van der Waals surface area contributed by atoms with Gasteiger partial charge < -0.3 is 15.8 Å². The third-order valence-electron chi connectivity index (χ3n) is 2.94. The molecule has 0 fully saturated rings. The maximum absolute atomic E-state index is 11.9. The van der Waals surface area contributed by atoms with Crippen LogP contribution in [0.15, 0.2) is 48.5 Å². The number of nitrogen functional groups attached to an aromatic ring is 1. The van der Waals surface area contributed by atoms with Gasteiger partial charge in [0.25, 0.3) is 0 Å². The SMILES string of the molecule is COc1ccc(/C=C/C(=O)Nc2cccc(C#N)c2)cc1N. The van der Waals surface area contributed by atoms with Crippen molar-refractivity contribution in [2.24, 2.45) is 0 Å². The lowest BCUT2D eigenvalue weighted by atomic mass is 10.1. The number of rotatable bonds is 4. The van der Waals surface area contributed by atoms with E-state index in [0.717, 1.165) is 5.56 Å². The van der Waals surface area contributed by atoms with Crippen LogP contribution in [0.25, 0.3) is 6.08 Å². The second-order valence-electron chi connectivity index (χ2n) is 4.52. The van der Waals surface area contributed by atoms with E-state index in [-0.39, 0.29) is 5.91 Å². The molecule has 0 heterocycles. The van der Waals surface area contributed by atoms with Gasteiger partial charge in [-0.15, -0.1) is 0 Å². The number of benzene rings is 2. The summed E-state index contributed by atoms with van der Waals surface area (Å²) < 4.78 is 5.07. The maximum Gasteiger partial charge on any atom is 0.248 e. The minimum atomic E-state index is -0.288. The first kappa shape index (κ1) is 15.1. The van der Waals surface area contributed by atoms with Crippen LogP contribution in [0.4, 0.5) is 11.4 Å². The molecule has 0 radical (unpaired) electrons. The highest BCUT2D eigenvalue weighted by atomic mass is 16.5. The first-order valence-electron chi connectivity index (χ1n) is 6.55. The zero-order valence-electron chi connectivity index (χ0n) is 12.0. The fraction of sp³-hybridized carbons (Fsp3) is 0.0588. The molecule has 0 unspecified atom stereocenters.